The van der Waals surface area contributed by atoms with Gasteiger partial charge in [-0.2, -0.15) is 0 Å². The fourth-order valence-corrected chi connectivity index (χ4v) is 2.77. The van der Waals surface area contributed by atoms with Crippen LogP contribution in [0, 0.1) is 0 Å². The largest absolute Gasteiger partial charge is 0.313 e. The van der Waals surface area contributed by atoms with Crippen molar-refractivity contribution in [1.82, 2.24) is 20.0 Å². The van der Waals surface area contributed by atoms with Crippen molar-refractivity contribution in [2.24, 2.45) is 0 Å². The number of hydrogen-bond acceptors (Lipinski definition) is 4. The van der Waals surface area contributed by atoms with Crippen LogP contribution in [0.4, 0.5) is 0 Å². The van der Waals surface area contributed by atoms with Gasteiger partial charge in [0, 0.05) is 55.1 Å². The van der Waals surface area contributed by atoms with Crippen LogP contribution in [-0.2, 0) is 6.42 Å². The summed E-state index contributed by atoms with van der Waals surface area (Å²) in [7, 11) is 0. The van der Waals surface area contributed by atoms with Crippen molar-refractivity contribution in [3.05, 3.63) is 23.5 Å². The standard InChI is InChI=1S/C13H22N4S/c1-10(2)16-8-11(3)14-5-4-12-9-18-13-15-6-7-17(12)13/h6-7,9-11,14,16H,4-5,8H2,1-3H3. The first-order valence-electron chi connectivity index (χ1n) is 6.53. The molecule has 1 unspecified atom stereocenters. The van der Waals surface area contributed by atoms with E-state index in [1.165, 1.54) is 5.69 Å². The van der Waals surface area contributed by atoms with E-state index in [4.69, 9.17) is 0 Å². The highest BCUT2D eigenvalue weighted by atomic mass is 32.1. The summed E-state index contributed by atoms with van der Waals surface area (Å²) in [6.07, 6.45) is 4.94. The number of aromatic nitrogens is 2. The maximum absolute atomic E-state index is 4.28. The second-order valence-electron chi connectivity index (χ2n) is 4.97. The van der Waals surface area contributed by atoms with E-state index in [-0.39, 0.29) is 0 Å². The average Bonchev–Trinajstić information content (AvgIpc) is 2.90. The Labute approximate surface area is 112 Å². The van der Waals surface area contributed by atoms with Gasteiger partial charge in [0.15, 0.2) is 4.96 Å². The van der Waals surface area contributed by atoms with Gasteiger partial charge in [-0.1, -0.05) is 13.8 Å². The molecule has 0 saturated carbocycles. The first kappa shape index (κ1) is 13.5. The maximum atomic E-state index is 4.28. The molecule has 5 heteroatoms. The molecule has 2 aromatic heterocycles. The molecule has 100 valence electrons. The summed E-state index contributed by atoms with van der Waals surface area (Å²) in [4.78, 5) is 5.37. The second kappa shape index (κ2) is 6.31. The lowest BCUT2D eigenvalue weighted by molar-refractivity contribution is 0.476. The molecule has 0 saturated heterocycles. The van der Waals surface area contributed by atoms with Gasteiger partial charge in [-0.3, -0.25) is 4.40 Å². The summed E-state index contributed by atoms with van der Waals surface area (Å²) in [6, 6.07) is 1.06. The molecule has 18 heavy (non-hydrogen) atoms. The Morgan fingerprint density at radius 3 is 2.94 bits per heavy atom. The SMILES string of the molecule is CC(C)NCC(C)NCCc1csc2nccn12. The molecule has 0 amide bonds. The molecule has 2 rings (SSSR count). The van der Waals surface area contributed by atoms with E-state index in [0.29, 0.717) is 12.1 Å². The van der Waals surface area contributed by atoms with Crippen LogP contribution in [0.3, 0.4) is 0 Å². The monoisotopic (exact) mass is 266 g/mol. The van der Waals surface area contributed by atoms with Crippen LogP contribution in [0.25, 0.3) is 4.96 Å². The average molecular weight is 266 g/mol. The van der Waals surface area contributed by atoms with Crippen LogP contribution >= 0.6 is 11.3 Å². The molecule has 1 atom stereocenters. The highest BCUT2D eigenvalue weighted by molar-refractivity contribution is 7.15. The molecular weight excluding hydrogens is 244 g/mol. The highest BCUT2D eigenvalue weighted by Gasteiger charge is 2.05. The van der Waals surface area contributed by atoms with E-state index in [2.05, 4.69) is 46.2 Å². The number of thiazole rings is 1. The van der Waals surface area contributed by atoms with Crippen molar-refractivity contribution < 1.29 is 0 Å². The van der Waals surface area contributed by atoms with E-state index in [1.54, 1.807) is 11.3 Å². The van der Waals surface area contributed by atoms with Crippen molar-refractivity contribution >= 4 is 16.3 Å². The van der Waals surface area contributed by atoms with Crippen molar-refractivity contribution in [2.75, 3.05) is 13.1 Å². The maximum Gasteiger partial charge on any atom is 0.193 e. The molecule has 0 aromatic carbocycles. The normalized spacial score (nSPS) is 13.6. The number of hydrogen-bond donors (Lipinski definition) is 2. The Morgan fingerprint density at radius 1 is 1.33 bits per heavy atom. The van der Waals surface area contributed by atoms with E-state index in [0.717, 1.165) is 24.5 Å². The van der Waals surface area contributed by atoms with Crippen LogP contribution in [0.5, 0.6) is 0 Å². The molecule has 0 aliphatic carbocycles. The quantitative estimate of drug-likeness (QED) is 0.804. The molecule has 0 aliphatic rings. The molecule has 4 nitrogen and oxygen atoms in total. The minimum Gasteiger partial charge on any atom is -0.313 e. The van der Waals surface area contributed by atoms with Gasteiger partial charge in [-0.15, -0.1) is 11.3 Å². The summed E-state index contributed by atoms with van der Waals surface area (Å²) >= 11 is 1.71. The zero-order valence-electron chi connectivity index (χ0n) is 11.3. The van der Waals surface area contributed by atoms with E-state index < -0.39 is 0 Å². The van der Waals surface area contributed by atoms with Crippen molar-refractivity contribution in [3.8, 4) is 0 Å². The van der Waals surface area contributed by atoms with Gasteiger partial charge in [0.05, 0.1) is 0 Å². The van der Waals surface area contributed by atoms with Gasteiger partial charge >= 0.3 is 0 Å². The molecule has 0 fully saturated rings. The minimum atomic E-state index is 0.504. The molecule has 0 aliphatic heterocycles. The van der Waals surface area contributed by atoms with Crippen molar-refractivity contribution in [1.29, 1.82) is 0 Å². The van der Waals surface area contributed by atoms with E-state index in [9.17, 15) is 0 Å². The van der Waals surface area contributed by atoms with Crippen LogP contribution in [0.2, 0.25) is 0 Å². The minimum absolute atomic E-state index is 0.504. The topological polar surface area (TPSA) is 41.4 Å². The molecule has 2 N–H and O–H groups in total. The summed E-state index contributed by atoms with van der Waals surface area (Å²) in [6.45, 7) is 8.59. The summed E-state index contributed by atoms with van der Waals surface area (Å²) in [5.41, 5.74) is 1.34. The van der Waals surface area contributed by atoms with Crippen LogP contribution in [0.1, 0.15) is 26.5 Å². The molecule has 0 spiro atoms. The lowest BCUT2D eigenvalue weighted by Gasteiger charge is -2.16. The van der Waals surface area contributed by atoms with Gasteiger partial charge in [0.2, 0.25) is 0 Å². The number of fused-ring (bicyclic) bond motifs is 1. The third-order valence-corrected chi connectivity index (χ3v) is 3.83. The smallest absolute Gasteiger partial charge is 0.193 e. The van der Waals surface area contributed by atoms with Gasteiger partial charge in [-0.05, 0) is 6.92 Å². The predicted octanol–water partition coefficient (Wildman–Crippen LogP) is 1.91. The third-order valence-electron chi connectivity index (χ3n) is 2.92. The van der Waals surface area contributed by atoms with Gasteiger partial charge in [-0.25, -0.2) is 4.98 Å². The Kier molecular flexibility index (Phi) is 4.74. The fourth-order valence-electron chi connectivity index (χ4n) is 1.88. The first-order chi connectivity index (χ1) is 8.66. The van der Waals surface area contributed by atoms with E-state index >= 15 is 0 Å². The lowest BCUT2D eigenvalue weighted by Crippen LogP contribution is -2.39. The molecular formula is C13H22N4S. The number of rotatable bonds is 7. The first-order valence-corrected chi connectivity index (χ1v) is 7.41. The lowest BCUT2D eigenvalue weighted by atomic mass is 10.2. The van der Waals surface area contributed by atoms with Crippen molar-refractivity contribution in [3.63, 3.8) is 0 Å². The van der Waals surface area contributed by atoms with Gasteiger partial charge in [0.25, 0.3) is 0 Å². The zero-order valence-corrected chi connectivity index (χ0v) is 12.1. The van der Waals surface area contributed by atoms with E-state index in [1.807, 2.05) is 12.4 Å². The highest BCUT2D eigenvalue weighted by Crippen LogP contribution is 2.14. The van der Waals surface area contributed by atoms with Gasteiger partial charge in [0.1, 0.15) is 0 Å². The van der Waals surface area contributed by atoms with Crippen LogP contribution < -0.4 is 10.6 Å². The summed E-state index contributed by atoms with van der Waals surface area (Å²) in [5, 5.41) is 9.18. The predicted molar refractivity (Wildman–Crippen MR) is 77.4 cm³/mol. The Morgan fingerprint density at radius 2 is 2.17 bits per heavy atom. The Bertz CT molecular complexity index is 474. The second-order valence-corrected chi connectivity index (χ2v) is 5.81. The fraction of sp³-hybridized carbons (Fsp3) is 0.615. The summed E-state index contributed by atoms with van der Waals surface area (Å²) < 4.78 is 2.17. The van der Waals surface area contributed by atoms with Crippen LogP contribution in [-0.4, -0.2) is 34.6 Å². The number of imidazole rings is 1. The number of nitrogens with zero attached hydrogens (tertiary/aromatic N) is 2. The Balaban J connectivity index is 1.74. The molecule has 0 radical (unpaired) electrons. The van der Waals surface area contributed by atoms with Gasteiger partial charge < -0.3 is 10.6 Å². The number of nitrogens with one attached hydrogen (secondary N) is 2. The zero-order chi connectivity index (χ0) is 13.0. The van der Waals surface area contributed by atoms with Crippen LogP contribution in [0.15, 0.2) is 17.8 Å². The molecule has 2 aromatic rings. The Hall–Kier alpha value is -0.910. The molecule has 2 heterocycles. The molecule has 0 bridgehead atoms. The third kappa shape index (κ3) is 3.54. The summed E-state index contributed by atoms with van der Waals surface area (Å²) in [5.74, 6) is 0. The van der Waals surface area contributed by atoms with Crippen molar-refractivity contribution in [2.45, 2.75) is 39.3 Å².